The van der Waals surface area contributed by atoms with Gasteiger partial charge in [0.1, 0.15) is 17.5 Å². The van der Waals surface area contributed by atoms with Crippen molar-refractivity contribution in [3.05, 3.63) is 11.9 Å². The summed E-state index contributed by atoms with van der Waals surface area (Å²) in [6.45, 7) is 1.05. The van der Waals surface area contributed by atoms with Gasteiger partial charge in [-0.15, -0.1) is 11.8 Å². The van der Waals surface area contributed by atoms with Crippen molar-refractivity contribution in [1.29, 1.82) is 0 Å². The van der Waals surface area contributed by atoms with Crippen molar-refractivity contribution < 1.29 is 9.47 Å². The second kappa shape index (κ2) is 7.39. The van der Waals surface area contributed by atoms with Crippen molar-refractivity contribution in [3.8, 4) is 0 Å². The largest absolute Gasteiger partial charge is 0.384 e. The number of rotatable bonds is 7. The fraction of sp³-hybridized carbons (Fsp3) is 0.556. The van der Waals surface area contributed by atoms with Gasteiger partial charge in [0.2, 0.25) is 0 Å². The van der Waals surface area contributed by atoms with E-state index >= 15 is 0 Å². The Bertz CT molecular complexity index is 324. The third-order valence-electron chi connectivity index (χ3n) is 1.71. The topological polar surface area (TPSA) is 82.3 Å². The zero-order valence-electron chi connectivity index (χ0n) is 9.40. The highest BCUT2D eigenvalue weighted by atomic mass is 32.2. The summed E-state index contributed by atoms with van der Waals surface area (Å²) in [4.78, 5) is 8.47. The highest BCUT2D eigenvalue weighted by Crippen LogP contribution is 2.18. The fourth-order valence-corrected chi connectivity index (χ4v) is 1.87. The summed E-state index contributed by atoms with van der Waals surface area (Å²) in [7, 11) is 3.27. The Kier molecular flexibility index (Phi) is 6.09. The maximum absolute atomic E-state index is 5.32. The standard InChI is InChI=1S/C9H16N4O2S/c1-14-3-4-16-9-5-7(13-10)11-8(12-9)6-15-2/h5H,3-4,6,10H2,1-2H3,(H,11,12,13). The molecule has 0 aliphatic rings. The van der Waals surface area contributed by atoms with Gasteiger partial charge in [0, 0.05) is 26.0 Å². The Morgan fingerprint density at radius 1 is 1.38 bits per heavy atom. The highest BCUT2D eigenvalue weighted by Gasteiger charge is 2.04. The molecule has 0 aromatic carbocycles. The molecule has 0 fully saturated rings. The Labute approximate surface area is 98.9 Å². The average molecular weight is 244 g/mol. The van der Waals surface area contributed by atoms with Crippen molar-refractivity contribution in [3.63, 3.8) is 0 Å². The molecule has 7 heteroatoms. The number of thioether (sulfide) groups is 1. The molecule has 0 saturated carbocycles. The number of nitrogens with one attached hydrogen (secondary N) is 1. The quantitative estimate of drug-likeness (QED) is 0.239. The first kappa shape index (κ1) is 13.2. The summed E-state index contributed by atoms with van der Waals surface area (Å²) in [6.07, 6.45) is 0. The summed E-state index contributed by atoms with van der Waals surface area (Å²) in [5.41, 5.74) is 2.51. The maximum atomic E-state index is 5.32. The average Bonchev–Trinajstić information content (AvgIpc) is 2.29. The van der Waals surface area contributed by atoms with E-state index in [2.05, 4.69) is 15.4 Å². The number of hydrogen-bond acceptors (Lipinski definition) is 7. The predicted octanol–water partition coefficient (Wildman–Crippen LogP) is 0.647. The highest BCUT2D eigenvalue weighted by molar-refractivity contribution is 7.99. The number of nitrogens with two attached hydrogens (primary N) is 1. The molecule has 6 nitrogen and oxygen atoms in total. The molecule has 0 saturated heterocycles. The van der Waals surface area contributed by atoms with Crippen LogP contribution in [0.4, 0.5) is 5.82 Å². The van der Waals surface area contributed by atoms with Crippen LogP contribution in [-0.2, 0) is 16.1 Å². The third kappa shape index (κ3) is 4.31. The van der Waals surface area contributed by atoms with E-state index in [0.29, 0.717) is 24.9 Å². The minimum absolute atomic E-state index is 0.368. The molecule has 1 heterocycles. The van der Waals surface area contributed by atoms with Gasteiger partial charge in [0.15, 0.2) is 5.82 Å². The molecular formula is C9H16N4O2S. The molecule has 3 N–H and O–H groups in total. The molecule has 16 heavy (non-hydrogen) atoms. The van der Waals surface area contributed by atoms with Gasteiger partial charge < -0.3 is 14.9 Å². The first-order valence-electron chi connectivity index (χ1n) is 4.75. The Balaban J connectivity index is 2.69. The second-order valence-corrected chi connectivity index (χ2v) is 4.04. The molecular weight excluding hydrogens is 228 g/mol. The Morgan fingerprint density at radius 2 is 2.19 bits per heavy atom. The van der Waals surface area contributed by atoms with Crippen molar-refractivity contribution in [2.24, 2.45) is 5.84 Å². The lowest BCUT2D eigenvalue weighted by molar-refractivity contribution is 0.177. The van der Waals surface area contributed by atoms with Crippen LogP contribution < -0.4 is 11.3 Å². The Hall–Kier alpha value is -0.890. The molecule has 0 radical (unpaired) electrons. The number of aromatic nitrogens is 2. The van der Waals surface area contributed by atoms with E-state index in [-0.39, 0.29) is 0 Å². The predicted molar refractivity (Wildman–Crippen MR) is 63.2 cm³/mol. The van der Waals surface area contributed by atoms with Crippen LogP contribution in [0.15, 0.2) is 11.1 Å². The fourth-order valence-electron chi connectivity index (χ4n) is 1.04. The number of nitrogen functional groups attached to an aromatic ring is 1. The van der Waals surface area contributed by atoms with Crippen LogP contribution in [0.5, 0.6) is 0 Å². The SMILES string of the molecule is COCCSc1cc(NN)nc(COC)n1. The Morgan fingerprint density at radius 3 is 2.81 bits per heavy atom. The van der Waals surface area contributed by atoms with Gasteiger partial charge in [-0.3, -0.25) is 0 Å². The lowest BCUT2D eigenvalue weighted by atomic mass is 10.5. The molecule has 0 unspecified atom stereocenters. The summed E-state index contributed by atoms with van der Waals surface area (Å²) in [6, 6.07) is 1.79. The second-order valence-electron chi connectivity index (χ2n) is 2.93. The molecule has 1 aromatic heterocycles. The molecule has 1 rings (SSSR count). The van der Waals surface area contributed by atoms with E-state index in [1.807, 2.05) is 0 Å². The van der Waals surface area contributed by atoms with Gasteiger partial charge in [0.05, 0.1) is 6.61 Å². The summed E-state index contributed by atoms with van der Waals surface area (Å²) < 4.78 is 9.95. The third-order valence-corrected chi connectivity index (χ3v) is 2.58. The number of hydrazine groups is 1. The van der Waals surface area contributed by atoms with Gasteiger partial charge >= 0.3 is 0 Å². The normalized spacial score (nSPS) is 10.4. The first-order valence-corrected chi connectivity index (χ1v) is 5.74. The van der Waals surface area contributed by atoms with Crippen LogP contribution in [0.25, 0.3) is 0 Å². The van der Waals surface area contributed by atoms with Gasteiger partial charge in [-0.2, -0.15) is 0 Å². The molecule has 0 aliphatic carbocycles. The van der Waals surface area contributed by atoms with Crippen LogP contribution in [-0.4, -0.2) is 36.5 Å². The number of anilines is 1. The van der Waals surface area contributed by atoms with Gasteiger partial charge in [-0.05, 0) is 0 Å². The van der Waals surface area contributed by atoms with Crippen molar-refractivity contribution in [1.82, 2.24) is 9.97 Å². The smallest absolute Gasteiger partial charge is 0.157 e. The van der Waals surface area contributed by atoms with Crippen LogP contribution in [0.3, 0.4) is 0 Å². The van der Waals surface area contributed by atoms with E-state index in [1.54, 1.807) is 32.0 Å². The minimum Gasteiger partial charge on any atom is -0.384 e. The molecule has 1 aromatic rings. The van der Waals surface area contributed by atoms with E-state index in [4.69, 9.17) is 15.3 Å². The number of ether oxygens (including phenoxy) is 2. The van der Waals surface area contributed by atoms with Gasteiger partial charge in [-0.25, -0.2) is 15.8 Å². The first-order chi connectivity index (χ1) is 7.80. The lowest BCUT2D eigenvalue weighted by Gasteiger charge is -2.06. The van der Waals surface area contributed by atoms with Crippen molar-refractivity contribution >= 4 is 17.6 Å². The molecule has 0 spiro atoms. The minimum atomic E-state index is 0.368. The molecule has 90 valence electrons. The molecule has 0 bridgehead atoms. The van der Waals surface area contributed by atoms with Crippen molar-refractivity contribution in [2.45, 2.75) is 11.6 Å². The van der Waals surface area contributed by atoms with Gasteiger partial charge in [-0.1, -0.05) is 0 Å². The van der Waals surface area contributed by atoms with Crippen molar-refractivity contribution in [2.75, 3.05) is 32.0 Å². The van der Waals surface area contributed by atoms with E-state index in [0.717, 1.165) is 10.8 Å². The number of methoxy groups -OCH3 is 2. The van der Waals surface area contributed by atoms with Crippen LogP contribution in [0.2, 0.25) is 0 Å². The molecule has 0 amide bonds. The van der Waals surface area contributed by atoms with Crippen LogP contribution >= 0.6 is 11.8 Å². The monoisotopic (exact) mass is 244 g/mol. The van der Waals surface area contributed by atoms with E-state index < -0.39 is 0 Å². The summed E-state index contributed by atoms with van der Waals surface area (Å²) >= 11 is 1.59. The van der Waals surface area contributed by atoms with Crippen LogP contribution in [0, 0.1) is 0 Å². The van der Waals surface area contributed by atoms with E-state index in [9.17, 15) is 0 Å². The van der Waals surface area contributed by atoms with Crippen LogP contribution in [0.1, 0.15) is 5.82 Å². The molecule has 0 aliphatic heterocycles. The molecule has 0 atom stereocenters. The van der Waals surface area contributed by atoms with Gasteiger partial charge in [0.25, 0.3) is 0 Å². The summed E-state index contributed by atoms with van der Waals surface area (Å²) in [5, 5.41) is 0.854. The number of hydrogen-bond donors (Lipinski definition) is 2. The zero-order chi connectivity index (χ0) is 11.8. The lowest BCUT2D eigenvalue weighted by Crippen LogP contribution is -2.11. The van der Waals surface area contributed by atoms with E-state index in [1.165, 1.54) is 0 Å². The summed E-state index contributed by atoms with van der Waals surface area (Å²) in [5.74, 6) is 7.36. The zero-order valence-corrected chi connectivity index (χ0v) is 10.2. The number of nitrogens with zero attached hydrogens (tertiary/aromatic N) is 2. The maximum Gasteiger partial charge on any atom is 0.157 e.